The van der Waals surface area contributed by atoms with Crippen LogP contribution in [-0.4, -0.2) is 55.6 Å². The molecule has 0 amide bonds. The first-order valence-corrected chi connectivity index (χ1v) is 14.6. The molecule has 9 nitrogen and oxygen atoms in total. The third-order valence-electron chi connectivity index (χ3n) is 5.81. The quantitative estimate of drug-likeness (QED) is 0.274. The minimum Gasteiger partial charge on any atom is -0.493 e. The van der Waals surface area contributed by atoms with Crippen LogP contribution in [0, 0.1) is 6.92 Å². The van der Waals surface area contributed by atoms with E-state index in [0.29, 0.717) is 34.8 Å². The molecule has 0 bridgehead atoms. The maximum atomic E-state index is 12.9. The average Bonchev–Trinajstić information content (AvgIpc) is 2.86. The molecule has 0 aliphatic rings. The number of nitrogens with zero attached hydrogens (tertiary/aromatic N) is 3. The van der Waals surface area contributed by atoms with Crippen molar-refractivity contribution in [1.29, 1.82) is 0 Å². The average molecular weight is 608 g/mol. The van der Waals surface area contributed by atoms with E-state index in [1.807, 2.05) is 25.1 Å². The van der Waals surface area contributed by atoms with Crippen molar-refractivity contribution in [3.63, 3.8) is 0 Å². The monoisotopic (exact) mass is 606 g/mol. The lowest BCUT2D eigenvalue weighted by atomic mass is 10.2. The Morgan fingerprint density at radius 2 is 1.68 bits per heavy atom. The Kier molecular flexibility index (Phi) is 10.3. The molecule has 0 aliphatic carbocycles. The summed E-state index contributed by atoms with van der Waals surface area (Å²) in [5.74, 6) is 1.24. The van der Waals surface area contributed by atoms with Gasteiger partial charge in [0, 0.05) is 18.6 Å². The van der Waals surface area contributed by atoms with Crippen molar-refractivity contribution < 1.29 is 22.6 Å². The van der Waals surface area contributed by atoms with E-state index in [1.165, 1.54) is 18.3 Å². The Morgan fingerprint density at radius 3 is 2.32 bits per heavy atom. The first kappa shape index (κ1) is 29.7. The van der Waals surface area contributed by atoms with Crippen LogP contribution < -0.4 is 18.9 Å². The molecular formula is C27H35BrN4O5S. The largest absolute Gasteiger partial charge is 0.493 e. The highest BCUT2D eigenvalue weighted by Gasteiger charge is 2.20. The van der Waals surface area contributed by atoms with Crippen LogP contribution in [0.1, 0.15) is 38.8 Å². The van der Waals surface area contributed by atoms with Crippen LogP contribution in [0.2, 0.25) is 0 Å². The Hall–Kier alpha value is -2.89. The van der Waals surface area contributed by atoms with E-state index >= 15 is 0 Å². The van der Waals surface area contributed by atoms with Crippen molar-refractivity contribution in [2.24, 2.45) is 0 Å². The fraction of sp³-hybridized carbons (Fsp3) is 0.407. The zero-order valence-electron chi connectivity index (χ0n) is 22.6. The summed E-state index contributed by atoms with van der Waals surface area (Å²) < 4.78 is 46.1. The lowest BCUT2D eigenvalue weighted by molar-refractivity contribution is 0.140. The van der Waals surface area contributed by atoms with Crippen LogP contribution in [0.25, 0.3) is 0 Å². The van der Waals surface area contributed by atoms with E-state index in [0.717, 1.165) is 17.7 Å². The number of rotatable bonds is 13. The van der Waals surface area contributed by atoms with Gasteiger partial charge < -0.3 is 14.2 Å². The third-order valence-corrected chi connectivity index (χ3v) is 7.55. The van der Waals surface area contributed by atoms with E-state index in [1.54, 1.807) is 19.2 Å². The SMILES string of the molecule is COc1ccc(COc2nc(Br)cnc2NS(=O)(=O)c2ccc(C)cc2)cc1OCCN(C(C)C)C(C)C. The van der Waals surface area contributed by atoms with Crippen molar-refractivity contribution in [2.45, 2.75) is 58.2 Å². The lowest BCUT2D eigenvalue weighted by Gasteiger charge is -2.30. The number of hydrogen-bond acceptors (Lipinski definition) is 8. The second-order valence-electron chi connectivity index (χ2n) is 9.31. The van der Waals surface area contributed by atoms with Crippen LogP contribution in [-0.2, 0) is 16.6 Å². The Balaban J connectivity index is 1.74. The van der Waals surface area contributed by atoms with E-state index in [4.69, 9.17) is 14.2 Å². The van der Waals surface area contributed by atoms with Gasteiger partial charge in [-0.25, -0.2) is 18.4 Å². The van der Waals surface area contributed by atoms with Gasteiger partial charge in [0.25, 0.3) is 15.9 Å². The number of aryl methyl sites for hydroxylation is 1. The highest BCUT2D eigenvalue weighted by Crippen LogP contribution is 2.30. The molecule has 1 N–H and O–H groups in total. The van der Waals surface area contributed by atoms with Crippen LogP contribution >= 0.6 is 15.9 Å². The number of aromatic nitrogens is 2. The molecule has 2 aromatic carbocycles. The van der Waals surface area contributed by atoms with Gasteiger partial charge >= 0.3 is 0 Å². The van der Waals surface area contributed by atoms with E-state index in [2.05, 4.69) is 63.2 Å². The molecule has 1 heterocycles. The summed E-state index contributed by atoms with van der Waals surface area (Å²) in [6.45, 7) is 11.9. The molecule has 38 heavy (non-hydrogen) atoms. The zero-order valence-corrected chi connectivity index (χ0v) is 25.0. The van der Waals surface area contributed by atoms with Gasteiger partial charge in [-0.2, -0.15) is 0 Å². The maximum Gasteiger partial charge on any atom is 0.263 e. The summed E-state index contributed by atoms with van der Waals surface area (Å²) in [7, 11) is -2.29. The number of nitrogens with one attached hydrogen (secondary N) is 1. The van der Waals surface area contributed by atoms with Gasteiger partial charge in [0.1, 0.15) is 17.8 Å². The van der Waals surface area contributed by atoms with Gasteiger partial charge in [-0.05, 0) is 80.4 Å². The number of methoxy groups -OCH3 is 1. The van der Waals surface area contributed by atoms with Crippen molar-refractivity contribution >= 4 is 31.8 Å². The van der Waals surface area contributed by atoms with Gasteiger partial charge in [0.05, 0.1) is 18.2 Å². The predicted molar refractivity (Wildman–Crippen MR) is 152 cm³/mol. The van der Waals surface area contributed by atoms with Gasteiger partial charge in [-0.15, -0.1) is 0 Å². The normalized spacial score (nSPS) is 11.7. The van der Waals surface area contributed by atoms with Gasteiger partial charge in [0.2, 0.25) is 5.82 Å². The first-order chi connectivity index (χ1) is 18.0. The van der Waals surface area contributed by atoms with E-state index < -0.39 is 10.0 Å². The first-order valence-electron chi connectivity index (χ1n) is 12.3. The number of hydrogen-bond donors (Lipinski definition) is 1. The van der Waals surface area contributed by atoms with Crippen molar-refractivity contribution in [3.05, 3.63) is 64.4 Å². The molecule has 0 aliphatic heterocycles. The van der Waals surface area contributed by atoms with Crippen molar-refractivity contribution in [3.8, 4) is 17.4 Å². The Bertz CT molecular complexity index is 1310. The summed E-state index contributed by atoms with van der Waals surface area (Å²) in [6, 6.07) is 12.8. The third kappa shape index (κ3) is 8.05. The number of anilines is 1. The maximum absolute atomic E-state index is 12.9. The van der Waals surface area contributed by atoms with Crippen LogP contribution in [0.4, 0.5) is 5.82 Å². The molecule has 1 aromatic heterocycles. The summed E-state index contributed by atoms with van der Waals surface area (Å²) in [4.78, 5) is 10.9. The molecule has 3 rings (SSSR count). The molecule has 0 radical (unpaired) electrons. The smallest absolute Gasteiger partial charge is 0.263 e. The fourth-order valence-corrected chi connectivity index (χ4v) is 5.15. The molecule has 3 aromatic rings. The van der Waals surface area contributed by atoms with Crippen LogP contribution in [0.5, 0.6) is 17.4 Å². The molecule has 206 valence electrons. The molecule has 0 spiro atoms. The Labute approximate surface area is 233 Å². The molecular weight excluding hydrogens is 572 g/mol. The minimum atomic E-state index is -3.88. The van der Waals surface area contributed by atoms with E-state index in [9.17, 15) is 8.42 Å². The number of benzene rings is 2. The second-order valence-corrected chi connectivity index (χ2v) is 11.8. The molecule has 0 atom stereocenters. The number of sulfonamides is 1. The van der Waals surface area contributed by atoms with Crippen molar-refractivity contribution in [1.82, 2.24) is 14.9 Å². The molecule has 0 saturated carbocycles. The van der Waals surface area contributed by atoms with Gasteiger partial charge in [-0.1, -0.05) is 23.8 Å². The van der Waals surface area contributed by atoms with Gasteiger partial charge in [0.15, 0.2) is 11.5 Å². The predicted octanol–water partition coefficient (Wildman–Crippen LogP) is 5.43. The second kappa shape index (κ2) is 13.3. The molecule has 0 fully saturated rings. The molecule has 11 heteroatoms. The lowest BCUT2D eigenvalue weighted by Crippen LogP contribution is -2.39. The highest BCUT2D eigenvalue weighted by molar-refractivity contribution is 9.10. The summed E-state index contributed by atoms with van der Waals surface area (Å²) >= 11 is 3.27. The number of halogens is 1. The Morgan fingerprint density at radius 1 is 1.00 bits per heavy atom. The summed E-state index contributed by atoms with van der Waals surface area (Å²) in [5, 5.41) is 0. The highest BCUT2D eigenvalue weighted by atomic mass is 79.9. The topological polar surface area (TPSA) is 103 Å². The van der Waals surface area contributed by atoms with E-state index in [-0.39, 0.29) is 23.2 Å². The standard InChI is InChI=1S/C27H35BrN4O5S/c1-18(2)32(19(3)4)13-14-36-24-15-21(9-12-23(24)35-6)17-37-27-26(29-16-25(28)30-27)31-38(33,34)22-10-7-20(5)8-11-22/h7-12,15-16,18-19H,13-14,17H2,1-6H3,(H,29,31). The van der Waals surface area contributed by atoms with Gasteiger partial charge in [-0.3, -0.25) is 9.62 Å². The summed E-state index contributed by atoms with van der Waals surface area (Å²) in [5.41, 5.74) is 1.75. The zero-order chi connectivity index (χ0) is 27.9. The molecule has 0 saturated heterocycles. The summed E-state index contributed by atoms with van der Waals surface area (Å²) in [6.07, 6.45) is 1.40. The van der Waals surface area contributed by atoms with Crippen LogP contribution in [0.15, 0.2) is 58.2 Å². The minimum absolute atomic E-state index is 0.0128. The molecule has 0 unspecified atom stereocenters. The number of ether oxygens (including phenoxy) is 3. The fourth-order valence-electron chi connectivity index (χ4n) is 3.88. The van der Waals surface area contributed by atoms with Crippen molar-refractivity contribution in [2.75, 3.05) is 25.0 Å². The van der Waals surface area contributed by atoms with Crippen LogP contribution in [0.3, 0.4) is 0 Å².